The molecule has 0 aliphatic carbocycles. The predicted molar refractivity (Wildman–Crippen MR) is 96.8 cm³/mol. The number of carbonyl (C=O) groups excluding carboxylic acids is 4. The van der Waals surface area contributed by atoms with E-state index in [0.717, 1.165) is 10.5 Å². The Balaban J connectivity index is 1.69. The average Bonchev–Trinajstić information content (AvgIpc) is 2.90. The minimum Gasteiger partial charge on any atom is -0.550 e. The zero-order valence-corrected chi connectivity index (χ0v) is 15.1. The van der Waals surface area contributed by atoms with E-state index >= 15 is 0 Å². The summed E-state index contributed by atoms with van der Waals surface area (Å²) in [6.45, 7) is -0.256. The quantitative estimate of drug-likeness (QED) is 0.703. The molecule has 3 rings (SSSR count). The number of hydrogen-bond donors (Lipinski definition) is 1. The van der Waals surface area contributed by atoms with Crippen LogP contribution in [-0.4, -0.2) is 42.2 Å². The summed E-state index contributed by atoms with van der Waals surface area (Å²) in [5, 5.41) is 13.3. The lowest BCUT2D eigenvalue weighted by molar-refractivity contribution is -0.305. The molecule has 2 aromatic rings. The topological polar surface area (TPSA) is 116 Å². The highest BCUT2D eigenvalue weighted by molar-refractivity contribution is 6.22. The fourth-order valence-electron chi connectivity index (χ4n) is 2.91. The molecule has 0 atom stereocenters. The first-order chi connectivity index (χ1) is 13.4. The predicted octanol–water partition coefficient (Wildman–Crippen LogP) is 0.612. The van der Waals surface area contributed by atoms with Gasteiger partial charge in [0.1, 0.15) is 5.75 Å². The fraction of sp³-hybridized carbons (Fsp3) is 0.200. The van der Waals surface area contributed by atoms with Gasteiger partial charge in [0.25, 0.3) is 11.8 Å². The number of hydrogen-bond acceptors (Lipinski definition) is 6. The fourth-order valence-corrected chi connectivity index (χ4v) is 2.91. The lowest BCUT2D eigenvalue weighted by atomic mass is 10.1. The molecular weight excluding hydrogens is 364 g/mol. The Kier molecular flexibility index (Phi) is 5.39. The van der Waals surface area contributed by atoms with E-state index in [1.807, 2.05) is 0 Å². The average molecular weight is 381 g/mol. The van der Waals surface area contributed by atoms with Crippen molar-refractivity contribution < 1.29 is 29.0 Å². The van der Waals surface area contributed by atoms with E-state index in [9.17, 15) is 24.3 Å². The Hall–Kier alpha value is -3.68. The number of benzene rings is 2. The van der Waals surface area contributed by atoms with Gasteiger partial charge in [-0.15, -0.1) is 0 Å². The number of amides is 3. The molecule has 0 unspecified atom stereocenters. The van der Waals surface area contributed by atoms with Crippen molar-refractivity contribution in [3.05, 3.63) is 59.2 Å². The molecule has 1 heterocycles. The Bertz CT molecular complexity index is 952. The van der Waals surface area contributed by atoms with Crippen molar-refractivity contribution in [2.75, 3.05) is 19.0 Å². The number of nitrogens with one attached hydrogen (secondary N) is 1. The second kappa shape index (κ2) is 7.91. The van der Waals surface area contributed by atoms with E-state index in [1.165, 1.54) is 18.2 Å². The Morgan fingerprint density at radius 3 is 2.36 bits per heavy atom. The van der Waals surface area contributed by atoms with Crippen LogP contribution < -0.4 is 15.2 Å². The SMILES string of the molecule is COc1ccc(CC(=O)Nc2ccc3c(c2)C(=O)N(CCC(=O)[O-])C3=O)cc1. The van der Waals surface area contributed by atoms with Crippen molar-refractivity contribution in [3.8, 4) is 5.75 Å². The van der Waals surface area contributed by atoms with Crippen molar-refractivity contribution in [2.24, 2.45) is 0 Å². The highest BCUT2D eigenvalue weighted by Gasteiger charge is 2.35. The van der Waals surface area contributed by atoms with Crippen LogP contribution in [0.4, 0.5) is 5.69 Å². The van der Waals surface area contributed by atoms with Crippen molar-refractivity contribution in [1.82, 2.24) is 4.90 Å². The molecule has 1 N–H and O–H groups in total. The third-order valence-electron chi connectivity index (χ3n) is 4.32. The van der Waals surface area contributed by atoms with Crippen LogP contribution in [0.15, 0.2) is 42.5 Å². The molecule has 0 radical (unpaired) electrons. The van der Waals surface area contributed by atoms with Gasteiger partial charge < -0.3 is 20.0 Å². The smallest absolute Gasteiger partial charge is 0.261 e. The van der Waals surface area contributed by atoms with Crippen LogP contribution in [0.5, 0.6) is 5.75 Å². The molecule has 3 amide bonds. The van der Waals surface area contributed by atoms with Crippen LogP contribution in [0, 0.1) is 0 Å². The number of imide groups is 1. The maximum absolute atomic E-state index is 12.4. The zero-order chi connectivity index (χ0) is 20.3. The van der Waals surface area contributed by atoms with Gasteiger partial charge in [0, 0.05) is 24.6 Å². The number of rotatable bonds is 7. The van der Waals surface area contributed by atoms with Crippen molar-refractivity contribution in [3.63, 3.8) is 0 Å². The number of methoxy groups -OCH3 is 1. The van der Waals surface area contributed by atoms with Gasteiger partial charge in [-0.25, -0.2) is 0 Å². The first kappa shape index (κ1) is 19.1. The summed E-state index contributed by atoms with van der Waals surface area (Å²) in [7, 11) is 1.56. The van der Waals surface area contributed by atoms with Crippen molar-refractivity contribution in [2.45, 2.75) is 12.8 Å². The van der Waals surface area contributed by atoms with E-state index in [0.29, 0.717) is 11.4 Å². The number of fused-ring (bicyclic) bond motifs is 1. The summed E-state index contributed by atoms with van der Waals surface area (Å²) < 4.78 is 5.07. The minimum atomic E-state index is -1.34. The molecule has 0 aromatic heterocycles. The second-order valence-corrected chi connectivity index (χ2v) is 6.22. The Morgan fingerprint density at radius 1 is 1.04 bits per heavy atom. The molecule has 0 saturated heterocycles. The molecule has 144 valence electrons. The third-order valence-corrected chi connectivity index (χ3v) is 4.32. The van der Waals surface area contributed by atoms with E-state index in [-0.39, 0.29) is 30.0 Å². The molecule has 8 nitrogen and oxygen atoms in total. The normalized spacial score (nSPS) is 12.7. The molecule has 0 fully saturated rings. The maximum Gasteiger partial charge on any atom is 0.261 e. The van der Waals surface area contributed by atoms with E-state index in [4.69, 9.17) is 4.74 Å². The van der Waals surface area contributed by atoms with Gasteiger partial charge in [0.2, 0.25) is 5.91 Å². The number of nitrogens with zero attached hydrogens (tertiary/aromatic N) is 1. The summed E-state index contributed by atoms with van der Waals surface area (Å²) in [5.41, 5.74) is 1.47. The Morgan fingerprint density at radius 2 is 1.71 bits per heavy atom. The van der Waals surface area contributed by atoms with E-state index < -0.39 is 24.2 Å². The van der Waals surface area contributed by atoms with Gasteiger partial charge in [-0.3, -0.25) is 19.3 Å². The molecule has 2 aromatic carbocycles. The Labute approximate surface area is 160 Å². The van der Waals surface area contributed by atoms with Crippen molar-refractivity contribution in [1.29, 1.82) is 0 Å². The summed E-state index contributed by atoms with van der Waals surface area (Å²) in [5.74, 6) is -2.09. The largest absolute Gasteiger partial charge is 0.550 e. The number of aliphatic carboxylic acids is 1. The number of carboxylic acid groups (broad SMARTS) is 1. The standard InChI is InChI=1S/C20H18N2O6/c1-28-14-5-2-12(3-6-14)10-17(23)21-13-4-7-15-16(11-13)20(27)22(19(15)26)9-8-18(24)25/h2-7,11H,8-10H2,1H3,(H,21,23)(H,24,25)/p-1. The van der Waals surface area contributed by atoms with Crippen LogP contribution in [-0.2, 0) is 16.0 Å². The molecule has 0 bridgehead atoms. The third kappa shape index (κ3) is 4.01. The lowest BCUT2D eigenvalue weighted by Gasteiger charge is -2.13. The summed E-state index contributed by atoms with van der Waals surface area (Å²) in [4.78, 5) is 48.3. The zero-order valence-electron chi connectivity index (χ0n) is 15.1. The number of anilines is 1. The maximum atomic E-state index is 12.4. The summed E-state index contributed by atoms with van der Waals surface area (Å²) in [6, 6.07) is 11.4. The van der Waals surface area contributed by atoms with Gasteiger partial charge in [-0.05, 0) is 35.9 Å². The summed E-state index contributed by atoms with van der Waals surface area (Å²) in [6.07, 6.45) is -0.303. The van der Waals surface area contributed by atoms with E-state index in [1.54, 1.807) is 31.4 Å². The number of carbonyl (C=O) groups is 4. The molecule has 0 saturated carbocycles. The van der Waals surface area contributed by atoms with Crippen LogP contribution in [0.1, 0.15) is 32.7 Å². The first-order valence-corrected chi connectivity index (χ1v) is 8.52. The summed E-state index contributed by atoms with van der Waals surface area (Å²) >= 11 is 0. The van der Waals surface area contributed by atoms with Gasteiger partial charge >= 0.3 is 0 Å². The molecule has 0 spiro atoms. The van der Waals surface area contributed by atoms with Crippen LogP contribution >= 0.6 is 0 Å². The lowest BCUT2D eigenvalue weighted by Crippen LogP contribution is -2.34. The highest BCUT2D eigenvalue weighted by Crippen LogP contribution is 2.26. The van der Waals surface area contributed by atoms with Crippen LogP contribution in [0.3, 0.4) is 0 Å². The van der Waals surface area contributed by atoms with Crippen LogP contribution in [0.2, 0.25) is 0 Å². The highest BCUT2D eigenvalue weighted by atomic mass is 16.5. The molecule has 8 heteroatoms. The van der Waals surface area contributed by atoms with Gasteiger partial charge in [-0.2, -0.15) is 0 Å². The van der Waals surface area contributed by atoms with Gasteiger partial charge in [0.15, 0.2) is 0 Å². The molecule has 1 aliphatic heterocycles. The molecule has 1 aliphatic rings. The van der Waals surface area contributed by atoms with Gasteiger partial charge in [-0.1, -0.05) is 12.1 Å². The number of ether oxygens (including phenoxy) is 1. The monoisotopic (exact) mass is 381 g/mol. The molecule has 28 heavy (non-hydrogen) atoms. The second-order valence-electron chi connectivity index (χ2n) is 6.22. The van der Waals surface area contributed by atoms with Crippen LogP contribution in [0.25, 0.3) is 0 Å². The van der Waals surface area contributed by atoms with Gasteiger partial charge in [0.05, 0.1) is 24.7 Å². The molecular formula is C20H17N2O6-. The van der Waals surface area contributed by atoms with Crippen molar-refractivity contribution >= 4 is 29.4 Å². The minimum absolute atomic E-state index is 0.130. The number of carboxylic acids is 1. The first-order valence-electron chi connectivity index (χ1n) is 8.52. The van der Waals surface area contributed by atoms with E-state index in [2.05, 4.69) is 5.32 Å².